The first-order valence-electron chi connectivity index (χ1n) is 6.06. The molecule has 0 aliphatic rings. The molecule has 5 heteroatoms. The van der Waals surface area contributed by atoms with Crippen molar-refractivity contribution in [1.29, 1.82) is 0 Å². The number of aromatic carboxylic acids is 1. The van der Waals surface area contributed by atoms with Gasteiger partial charge in [0.2, 0.25) is 0 Å². The molecule has 0 saturated carbocycles. The Morgan fingerprint density at radius 2 is 1.90 bits per heavy atom. The van der Waals surface area contributed by atoms with Crippen LogP contribution in [0, 0.1) is 13.8 Å². The van der Waals surface area contributed by atoms with Gasteiger partial charge in [0, 0.05) is 11.9 Å². The summed E-state index contributed by atoms with van der Waals surface area (Å²) in [5.41, 5.74) is 2.33. The van der Waals surface area contributed by atoms with Crippen LogP contribution in [0.1, 0.15) is 32.0 Å². The summed E-state index contributed by atoms with van der Waals surface area (Å²) in [6.07, 6.45) is 1.54. The maximum absolute atomic E-state index is 12.1. The lowest BCUT2D eigenvalue weighted by Gasteiger charge is -2.08. The van der Waals surface area contributed by atoms with Crippen LogP contribution in [0.2, 0.25) is 0 Å². The summed E-state index contributed by atoms with van der Waals surface area (Å²) in [7, 11) is 0. The molecule has 0 aliphatic heterocycles. The predicted octanol–water partition coefficient (Wildman–Crippen LogP) is 2.65. The number of carbonyl (C=O) groups is 2. The number of carboxylic acids is 1. The minimum Gasteiger partial charge on any atom is -0.478 e. The number of hydrogen-bond acceptors (Lipinski definition) is 3. The Morgan fingerprint density at radius 1 is 1.15 bits per heavy atom. The fraction of sp³-hybridized carbons (Fsp3) is 0.133. The summed E-state index contributed by atoms with van der Waals surface area (Å²) >= 11 is 0. The normalized spacial score (nSPS) is 10.1. The van der Waals surface area contributed by atoms with E-state index in [-0.39, 0.29) is 11.5 Å². The first-order valence-corrected chi connectivity index (χ1v) is 6.06. The highest BCUT2D eigenvalue weighted by Gasteiger charge is 2.12. The number of carbonyl (C=O) groups excluding carboxylic acids is 1. The lowest BCUT2D eigenvalue weighted by Crippen LogP contribution is -2.15. The van der Waals surface area contributed by atoms with Crippen molar-refractivity contribution in [1.82, 2.24) is 4.98 Å². The molecule has 0 saturated heterocycles. The number of amides is 1. The van der Waals surface area contributed by atoms with E-state index in [4.69, 9.17) is 5.11 Å². The van der Waals surface area contributed by atoms with E-state index >= 15 is 0 Å². The van der Waals surface area contributed by atoms with E-state index in [1.54, 1.807) is 44.3 Å². The second-order valence-corrected chi connectivity index (χ2v) is 4.46. The lowest BCUT2D eigenvalue weighted by atomic mass is 10.1. The Kier molecular flexibility index (Phi) is 3.79. The zero-order valence-corrected chi connectivity index (χ0v) is 11.2. The first-order chi connectivity index (χ1) is 9.49. The van der Waals surface area contributed by atoms with Crippen molar-refractivity contribution in [3.8, 4) is 0 Å². The molecule has 2 N–H and O–H groups in total. The highest BCUT2D eigenvalue weighted by Crippen LogP contribution is 2.16. The molecule has 5 nitrogen and oxygen atoms in total. The Labute approximate surface area is 116 Å². The van der Waals surface area contributed by atoms with E-state index in [9.17, 15) is 9.59 Å². The second kappa shape index (κ2) is 5.52. The molecule has 2 aromatic rings. The van der Waals surface area contributed by atoms with E-state index in [1.807, 2.05) is 0 Å². The molecule has 1 aromatic heterocycles. The van der Waals surface area contributed by atoms with E-state index in [0.29, 0.717) is 16.9 Å². The number of hydrogen-bond donors (Lipinski definition) is 2. The summed E-state index contributed by atoms with van der Waals surface area (Å²) in [5.74, 6) is -1.38. The number of aromatic nitrogens is 1. The van der Waals surface area contributed by atoms with Gasteiger partial charge in [-0.25, -0.2) is 4.79 Å². The van der Waals surface area contributed by atoms with Gasteiger partial charge < -0.3 is 10.4 Å². The summed E-state index contributed by atoms with van der Waals surface area (Å²) in [5, 5.41) is 11.7. The van der Waals surface area contributed by atoms with Crippen LogP contribution in [0.25, 0.3) is 0 Å². The number of anilines is 1. The SMILES string of the molecule is Cc1ccc(NC(=O)c2ncccc2C)cc1C(=O)O. The smallest absolute Gasteiger partial charge is 0.336 e. The summed E-state index contributed by atoms with van der Waals surface area (Å²) in [6, 6.07) is 8.30. The van der Waals surface area contributed by atoms with Crippen LogP contribution in [0.4, 0.5) is 5.69 Å². The number of rotatable bonds is 3. The molecule has 1 amide bonds. The molecule has 1 heterocycles. The highest BCUT2D eigenvalue weighted by atomic mass is 16.4. The van der Waals surface area contributed by atoms with Gasteiger partial charge in [-0.3, -0.25) is 9.78 Å². The molecule has 102 valence electrons. The van der Waals surface area contributed by atoms with E-state index in [0.717, 1.165) is 5.56 Å². The zero-order valence-electron chi connectivity index (χ0n) is 11.2. The lowest BCUT2D eigenvalue weighted by molar-refractivity contribution is 0.0695. The van der Waals surface area contributed by atoms with Crippen LogP contribution < -0.4 is 5.32 Å². The number of aryl methyl sites for hydroxylation is 2. The zero-order chi connectivity index (χ0) is 14.7. The predicted molar refractivity (Wildman–Crippen MR) is 75.1 cm³/mol. The topological polar surface area (TPSA) is 79.3 Å². The van der Waals surface area contributed by atoms with Gasteiger partial charge in [0.15, 0.2) is 0 Å². The molecule has 2 rings (SSSR count). The quantitative estimate of drug-likeness (QED) is 0.898. The average molecular weight is 270 g/mol. The number of pyridine rings is 1. The van der Waals surface area contributed by atoms with Crippen LogP contribution in [0.5, 0.6) is 0 Å². The molecule has 0 bridgehead atoms. The van der Waals surface area contributed by atoms with Crippen LogP contribution >= 0.6 is 0 Å². The van der Waals surface area contributed by atoms with Crippen molar-refractivity contribution in [3.63, 3.8) is 0 Å². The molecule has 0 spiro atoms. The van der Waals surface area contributed by atoms with Crippen molar-refractivity contribution >= 4 is 17.6 Å². The van der Waals surface area contributed by atoms with Gasteiger partial charge in [-0.1, -0.05) is 12.1 Å². The third-order valence-corrected chi connectivity index (χ3v) is 2.95. The molecular weight excluding hydrogens is 256 g/mol. The summed E-state index contributed by atoms with van der Waals surface area (Å²) in [4.78, 5) is 27.2. The molecule has 1 aromatic carbocycles. The number of nitrogens with zero attached hydrogens (tertiary/aromatic N) is 1. The largest absolute Gasteiger partial charge is 0.478 e. The van der Waals surface area contributed by atoms with E-state index < -0.39 is 5.97 Å². The number of benzene rings is 1. The van der Waals surface area contributed by atoms with Crippen molar-refractivity contribution in [2.24, 2.45) is 0 Å². The summed E-state index contributed by atoms with van der Waals surface area (Å²) in [6.45, 7) is 3.50. The molecule has 0 radical (unpaired) electrons. The minimum absolute atomic E-state index is 0.167. The Morgan fingerprint density at radius 3 is 2.55 bits per heavy atom. The van der Waals surface area contributed by atoms with Crippen molar-refractivity contribution < 1.29 is 14.7 Å². The van der Waals surface area contributed by atoms with Gasteiger partial charge in [0.1, 0.15) is 5.69 Å². The first kappa shape index (κ1) is 13.7. The highest BCUT2D eigenvalue weighted by molar-refractivity contribution is 6.04. The van der Waals surface area contributed by atoms with Crippen LogP contribution in [-0.2, 0) is 0 Å². The van der Waals surface area contributed by atoms with Gasteiger partial charge in [-0.2, -0.15) is 0 Å². The molecule has 20 heavy (non-hydrogen) atoms. The van der Waals surface area contributed by atoms with E-state index in [1.165, 1.54) is 6.07 Å². The van der Waals surface area contributed by atoms with Crippen molar-refractivity contribution in [3.05, 3.63) is 58.9 Å². The Bertz CT molecular complexity index is 681. The molecule has 0 aliphatic carbocycles. The molecule has 0 fully saturated rings. The molecule has 0 atom stereocenters. The number of nitrogens with one attached hydrogen (secondary N) is 1. The van der Waals surface area contributed by atoms with Crippen LogP contribution in [0.15, 0.2) is 36.5 Å². The van der Waals surface area contributed by atoms with Gasteiger partial charge in [0.25, 0.3) is 5.91 Å². The van der Waals surface area contributed by atoms with Crippen molar-refractivity contribution in [2.45, 2.75) is 13.8 Å². The fourth-order valence-electron chi connectivity index (χ4n) is 1.84. The standard InChI is InChI=1S/C15H14N2O3/c1-9-5-6-11(8-12(9)15(19)20)17-14(18)13-10(2)4-3-7-16-13/h3-8H,1-2H3,(H,17,18)(H,19,20). The number of carboxylic acid groups (broad SMARTS) is 1. The average Bonchev–Trinajstić information content (AvgIpc) is 2.41. The van der Waals surface area contributed by atoms with Gasteiger partial charge in [-0.15, -0.1) is 0 Å². The van der Waals surface area contributed by atoms with Gasteiger partial charge in [0.05, 0.1) is 5.56 Å². The van der Waals surface area contributed by atoms with Crippen molar-refractivity contribution in [2.75, 3.05) is 5.32 Å². The Balaban J connectivity index is 2.27. The fourth-order valence-corrected chi connectivity index (χ4v) is 1.84. The maximum Gasteiger partial charge on any atom is 0.336 e. The third kappa shape index (κ3) is 2.83. The van der Waals surface area contributed by atoms with Gasteiger partial charge >= 0.3 is 5.97 Å². The van der Waals surface area contributed by atoms with Crippen LogP contribution in [-0.4, -0.2) is 22.0 Å². The van der Waals surface area contributed by atoms with E-state index in [2.05, 4.69) is 10.3 Å². The Hall–Kier alpha value is -2.69. The summed E-state index contributed by atoms with van der Waals surface area (Å²) < 4.78 is 0. The van der Waals surface area contributed by atoms with Crippen LogP contribution in [0.3, 0.4) is 0 Å². The monoisotopic (exact) mass is 270 g/mol. The molecular formula is C15H14N2O3. The minimum atomic E-state index is -1.02. The molecule has 0 unspecified atom stereocenters. The maximum atomic E-state index is 12.1. The second-order valence-electron chi connectivity index (χ2n) is 4.46. The third-order valence-electron chi connectivity index (χ3n) is 2.95. The van der Waals surface area contributed by atoms with Gasteiger partial charge in [-0.05, 0) is 43.2 Å².